The maximum atomic E-state index is 3.98. The molecule has 5 nitrogen and oxygen atoms in total. The van der Waals surface area contributed by atoms with Crippen molar-refractivity contribution in [3.8, 4) is 0 Å². The average molecular weight is 249 g/mol. The number of tetrazole rings is 1. The minimum Gasteiger partial charge on any atom is -0.313 e. The smallest absolute Gasteiger partial charge is 0.213 e. The summed E-state index contributed by atoms with van der Waals surface area (Å²) in [6.07, 6.45) is 0. The van der Waals surface area contributed by atoms with Gasteiger partial charge < -0.3 is 5.32 Å². The van der Waals surface area contributed by atoms with Crippen molar-refractivity contribution in [2.75, 3.05) is 7.05 Å². The van der Waals surface area contributed by atoms with Crippen molar-refractivity contribution in [3.05, 3.63) is 29.8 Å². The maximum Gasteiger partial charge on any atom is 0.213 e. The highest BCUT2D eigenvalue weighted by molar-refractivity contribution is 7.99. The predicted octanol–water partition coefficient (Wildman–Crippen LogP) is 1.64. The highest BCUT2D eigenvalue weighted by atomic mass is 32.2. The summed E-state index contributed by atoms with van der Waals surface area (Å²) >= 11 is 1.58. The number of nitrogens with one attached hydrogen (secondary N) is 1. The van der Waals surface area contributed by atoms with Crippen LogP contribution in [0.25, 0.3) is 0 Å². The Kier molecular flexibility index (Phi) is 3.75. The zero-order chi connectivity index (χ0) is 12.3. The maximum absolute atomic E-state index is 3.98. The summed E-state index contributed by atoms with van der Waals surface area (Å²) in [5, 5.41) is 15.5. The monoisotopic (exact) mass is 249 g/mol. The Morgan fingerprint density at radius 3 is 2.76 bits per heavy atom. The molecule has 0 radical (unpaired) electrons. The molecule has 1 unspecified atom stereocenters. The van der Waals surface area contributed by atoms with E-state index < -0.39 is 0 Å². The summed E-state index contributed by atoms with van der Waals surface area (Å²) in [5.74, 6) is 0. The van der Waals surface area contributed by atoms with Gasteiger partial charge in [0.05, 0.1) is 0 Å². The Labute approximate surface area is 105 Å². The third kappa shape index (κ3) is 2.65. The SMILES string of the molecule is CNC(C)c1ccccc1Sc1nnnn1C. The van der Waals surface area contributed by atoms with Crippen LogP contribution in [0.4, 0.5) is 0 Å². The van der Waals surface area contributed by atoms with Crippen molar-refractivity contribution in [1.82, 2.24) is 25.5 Å². The van der Waals surface area contributed by atoms with Crippen molar-refractivity contribution >= 4 is 11.8 Å². The van der Waals surface area contributed by atoms with Crippen molar-refractivity contribution in [2.45, 2.75) is 23.0 Å². The van der Waals surface area contributed by atoms with E-state index in [0.717, 1.165) is 5.16 Å². The fraction of sp³-hybridized carbons (Fsp3) is 0.364. The highest BCUT2D eigenvalue weighted by Crippen LogP contribution is 2.31. The zero-order valence-corrected chi connectivity index (χ0v) is 10.9. The molecule has 2 rings (SSSR count). The van der Waals surface area contributed by atoms with Gasteiger partial charge in [-0.3, -0.25) is 0 Å². The molecule has 1 atom stereocenters. The molecule has 1 aromatic heterocycles. The van der Waals surface area contributed by atoms with Crippen molar-refractivity contribution in [3.63, 3.8) is 0 Å². The Bertz CT molecular complexity index is 496. The molecule has 0 saturated heterocycles. The number of benzene rings is 1. The van der Waals surface area contributed by atoms with E-state index in [-0.39, 0.29) is 0 Å². The van der Waals surface area contributed by atoms with E-state index in [1.165, 1.54) is 10.5 Å². The van der Waals surface area contributed by atoms with Crippen LogP contribution in [0.1, 0.15) is 18.5 Å². The minimum absolute atomic E-state index is 0.305. The molecule has 2 aromatic rings. The number of hydrogen-bond acceptors (Lipinski definition) is 5. The molecule has 0 saturated carbocycles. The van der Waals surface area contributed by atoms with Crippen LogP contribution in [-0.2, 0) is 7.05 Å². The van der Waals surface area contributed by atoms with Gasteiger partial charge in [-0.15, -0.1) is 5.10 Å². The summed E-state index contributed by atoms with van der Waals surface area (Å²) < 4.78 is 1.67. The van der Waals surface area contributed by atoms with Crippen molar-refractivity contribution in [1.29, 1.82) is 0 Å². The van der Waals surface area contributed by atoms with Crippen molar-refractivity contribution < 1.29 is 0 Å². The van der Waals surface area contributed by atoms with Crippen LogP contribution in [0.2, 0.25) is 0 Å². The first-order chi connectivity index (χ1) is 8.22. The van der Waals surface area contributed by atoms with Gasteiger partial charge >= 0.3 is 0 Å². The first-order valence-corrected chi connectivity index (χ1v) is 6.20. The minimum atomic E-state index is 0.305. The van der Waals surface area contributed by atoms with Gasteiger partial charge in [-0.1, -0.05) is 18.2 Å². The lowest BCUT2D eigenvalue weighted by atomic mass is 10.1. The molecule has 0 aliphatic rings. The molecule has 6 heteroatoms. The molecule has 0 bridgehead atoms. The lowest BCUT2D eigenvalue weighted by Gasteiger charge is -2.14. The highest BCUT2D eigenvalue weighted by Gasteiger charge is 2.12. The van der Waals surface area contributed by atoms with Gasteiger partial charge in [0.2, 0.25) is 5.16 Å². The first-order valence-electron chi connectivity index (χ1n) is 5.38. The average Bonchev–Trinajstić information content (AvgIpc) is 2.75. The lowest BCUT2D eigenvalue weighted by Crippen LogP contribution is -2.13. The van der Waals surface area contributed by atoms with E-state index in [4.69, 9.17) is 0 Å². The Morgan fingerprint density at radius 1 is 1.35 bits per heavy atom. The second-order valence-electron chi connectivity index (χ2n) is 3.74. The fourth-order valence-corrected chi connectivity index (χ4v) is 2.44. The van der Waals surface area contributed by atoms with E-state index in [2.05, 4.69) is 39.9 Å². The molecule has 1 aromatic carbocycles. The molecule has 0 fully saturated rings. The fourth-order valence-electron chi connectivity index (χ4n) is 1.49. The van der Waals surface area contributed by atoms with Gasteiger partial charge in [0.25, 0.3) is 0 Å². The van der Waals surface area contributed by atoms with Gasteiger partial charge in [0, 0.05) is 18.0 Å². The van der Waals surface area contributed by atoms with E-state index in [1.54, 1.807) is 16.4 Å². The van der Waals surface area contributed by atoms with Crippen LogP contribution in [0, 0.1) is 0 Å². The summed E-state index contributed by atoms with van der Waals surface area (Å²) in [4.78, 5) is 1.17. The number of aryl methyl sites for hydroxylation is 1. The van der Waals surface area contributed by atoms with E-state index in [9.17, 15) is 0 Å². The van der Waals surface area contributed by atoms with E-state index in [1.807, 2.05) is 26.2 Å². The molecule has 90 valence electrons. The Hall–Kier alpha value is -1.40. The standard InChI is InChI=1S/C11H15N5S/c1-8(12-2)9-6-4-5-7-10(9)17-11-13-14-15-16(11)3/h4-8,12H,1-3H3. The van der Waals surface area contributed by atoms with Crippen molar-refractivity contribution in [2.24, 2.45) is 7.05 Å². The second kappa shape index (κ2) is 5.29. The van der Waals surface area contributed by atoms with Crippen LogP contribution in [0.15, 0.2) is 34.3 Å². The molecule has 0 spiro atoms. The molecule has 1 heterocycles. The molecular weight excluding hydrogens is 234 g/mol. The van der Waals surface area contributed by atoms with Gasteiger partial charge in [0.1, 0.15) is 0 Å². The summed E-state index contributed by atoms with van der Waals surface area (Å²) in [7, 11) is 3.79. The first kappa shape index (κ1) is 12.1. The topological polar surface area (TPSA) is 55.6 Å². The molecule has 0 amide bonds. The van der Waals surface area contributed by atoms with Gasteiger partial charge in [-0.25, -0.2) is 4.68 Å². The van der Waals surface area contributed by atoms with Gasteiger partial charge in [-0.05, 0) is 47.8 Å². The third-order valence-electron chi connectivity index (χ3n) is 2.60. The van der Waals surface area contributed by atoms with Gasteiger partial charge in [0.15, 0.2) is 0 Å². The van der Waals surface area contributed by atoms with Crippen LogP contribution in [-0.4, -0.2) is 27.3 Å². The number of hydrogen-bond donors (Lipinski definition) is 1. The Morgan fingerprint density at radius 2 is 2.12 bits per heavy atom. The molecular formula is C11H15N5S. The zero-order valence-electron chi connectivity index (χ0n) is 10.1. The third-order valence-corrected chi connectivity index (χ3v) is 3.72. The number of aromatic nitrogens is 4. The van der Waals surface area contributed by atoms with Crippen LogP contribution >= 0.6 is 11.8 Å². The predicted molar refractivity (Wildman–Crippen MR) is 66.8 cm³/mol. The molecule has 0 aliphatic carbocycles. The molecule has 1 N–H and O–H groups in total. The normalized spacial score (nSPS) is 12.6. The largest absolute Gasteiger partial charge is 0.313 e. The molecule has 17 heavy (non-hydrogen) atoms. The summed E-state index contributed by atoms with van der Waals surface area (Å²) in [5.41, 5.74) is 1.25. The van der Waals surface area contributed by atoms with E-state index >= 15 is 0 Å². The quantitative estimate of drug-likeness (QED) is 0.892. The summed E-state index contributed by atoms with van der Waals surface area (Å²) in [6, 6.07) is 8.58. The van der Waals surface area contributed by atoms with Crippen LogP contribution in [0.3, 0.4) is 0 Å². The van der Waals surface area contributed by atoms with Crippen LogP contribution < -0.4 is 5.32 Å². The Balaban J connectivity index is 2.30. The summed E-state index contributed by atoms with van der Waals surface area (Å²) in [6.45, 7) is 2.13. The number of nitrogens with zero attached hydrogens (tertiary/aromatic N) is 4. The molecule has 0 aliphatic heterocycles. The van der Waals surface area contributed by atoms with Gasteiger partial charge in [-0.2, -0.15) is 0 Å². The second-order valence-corrected chi connectivity index (χ2v) is 4.74. The van der Waals surface area contributed by atoms with E-state index in [0.29, 0.717) is 6.04 Å². The number of rotatable bonds is 4. The van der Waals surface area contributed by atoms with Crippen LogP contribution in [0.5, 0.6) is 0 Å². The lowest BCUT2D eigenvalue weighted by molar-refractivity contribution is 0.639.